The van der Waals surface area contributed by atoms with Crippen LogP contribution in [0.25, 0.3) is 0 Å². The highest BCUT2D eigenvalue weighted by Gasteiger charge is 2.13. The molecule has 0 N–H and O–H groups in total. The normalized spacial score (nSPS) is 24.7. The summed E-state index contributed by atoms with van der Waals surface area (Å²) in [5, 5.41) is 0. The number of hydrogen-bond acceptors (Lipinski definition) is 2. The van der Waals surface area contributed by atoms with Crippen LogP contribution in [0.2, 0.25) is 0 Å². The molecule has 6 heavy (non-hydrogen) atoms. The second-order valence-electron chi connectivity index (χ2n) is 1.11. The Labute approximate surface area is 49.1 Å². The van der Waals surface area contributed by atoms with E-state index in [2.05, 4.69) is 0 Å². The Morgan fingerprint density at radius 1 is 1.50 bits per heavy atom. The summed E-state index contributed by atoms with van der Waals surface area (Å²) >= 11 is 9.55. The summed E-state index contributed by atoms with van der Waals surface area (Å²) in [5.74, 6) is 0. The molecule has 0 aromatic carbocycles. The maximum atomic E-state index is 4.78. The lowest BCUT2D eigenvalue weighted by Gasteiger charge is -2.12. The first-order valence-electron chi connectivity index (χ1n) is 1.62. The Balaban J connectivity index is 2.61. The Bertz CT molecular complexity index is 93.4. The fraction of sp³-hybridized carbons (Fsp3) is 0.333. The molecular weight excluding hydrogens is 131 g/mol. The van der Waals surface area contributed by atoms with E-state index in [-0.39, 0.29) is 0 Å². The zero-order valence-electron chi connectivity index (χ0n) is 3.02. The molecule has 1 atom stereocenters. The van der Waals surface area contributed by atoms with Crippen LogP contribution in [0.5, 0.6) is 0 Å². The molecular formula is C3H3PS2. The molecule has 0 bridgehead atoms. The van der Waals surface area contributed by atoms with Crippen LogP contribution in [0.4, 0.5) is 0 Å². The van der Waals surface area contributed by atoms with E-state index in [9.17, 15) is 0 Å². The van der Waals surface area contributed by atoms with E-state index in [0.717, 1.165) is 24.2 Å². The summed E-state index contributed by atoms with van der Waals surface area (Å²) in [4.78, 5) is 1.02. The SMILES string of the molecule is S=C1CPC1=S. The van der Waals surface area contributed by atoms with Crippen molar-refractivity contribution in [1.29, 1.82) is 0 Å². The standard InChI is InChI=1S/C3H3PS2/c5-2-1-4-3(2)6/h4H,1H2. The van der Waals surface area contributed by atoms with Crippen LogP contribution < -0.4 is 0 Å². The van der Waals surface area contributed by atoms with Gasteiger partial charge in [0.1, 0.15) is 0 Å². The molecule has 0 aromatic heterocycles. The highest BCUT2D eigenvalue weighted by atomic mass is 32.1. The van der Waals surface area contributed by atoms with E-state index in [1.165, 1.54) is 0 Å². The summed E-state index contributed by atoms with van der Waals surface area (Å²) in [6.45, 7) is 0. The predicted molar refractivity (Wildman–Crippen MR) is 38.4 cm³/mol. The van der Waals surface area contributed by atoms with Gasteiger partial charge in [0.2, 0.25) is 0 Å². The summed E-state index contributed by atoms with van der Waals surface area (Å²) in [6, 6.07) is 0. The Morgan fingerprint density at radius 2 is 2.00 bits per heavy atom. The van der Waals surface area contributed by atoms with Gasteiger partial charge in [0.15, 0.2) is 0 Å². The van der Waals surface area contributed by atoms with Gasteiger partial charge in [0.05, 0.1) is 0 Å². The van der Waals surface area contributed by atoms with Gasteiger partial charge in [-0.25, -0.2) is 0 Å². The van der Waals surface area contributed by atoms with Gasteiger partial charge >= 0.3 is 0 Å². The third kappa shape index (κ3) is 0.651. The zero-order chi connectivity index (χ0) is 4.57. The lowest BCUT2D eigenvalue weighted by molar-refractivity contribution is 2.06. The largest absolute Gasteiger partial charge is 0.0829 e. The van der Waals surface area contributed by atoms with Crippen LogP contribution in [0.15, 0.2) is 0 Å². The number of thiocarbonyl (C=S) groups is 2. The molecule has 3 heteroatoms. The van der Waals surface area contributed by atoms with Crippen molar-refractivity contribution in [2.24, 2.45) is 0 Å². The molecule has 0 saturated carbocycles. The third-order valence-corrected chi connectivity index (χ3v) is 3.41. The minimum Gasteiger partial charge on any atom is -0.0829 e. The average molecular weight is 134 g/mol. The van der Waals surface area contributed by atoms with Crippen LogP contribution in [-0.2, 0) is 0 Å². The molecule has 0 nitrogen and oxygen atoms in total. The van der Waals surface area contributed by atoms with Crippen molar-refractivity contribution < 1.29 is 0 Å². The van der Waals surface area contributed by atoms with E-state index in [1.807, 2.05) is 0 Å². The molecule has 1 fully saturated rings. The second kappa shape index (κ2) is 1.61. The van der Waals surface area contributed by atoms with Crippen LogP contribution in [0.3, 0.4) is 0 Å². The average Bonchev–Trinajstić information content (AvgIpc) is 1.61. The van der Waals surface area contributed by atoms with Crippen LogP contribution in [0, 0.1) is 0 Å². The number of hydrogen-bond donors (Lipinski definition) is 0. The molecule has 0 spiro atoms. The quantitative estimate of drug-likeness (QED) is 0.362. The van der Waals surface area contributed by atoms with E-state index >= 15 is 0 Å². The van der Waals surface area contributed by atoms with E-state index < -0.39 is 0 Å². The molecule has 1 unspecified atom stereocenters. The fourth-order valence-electron chi connectivity index (χ4n) is 0.233. The Hall–Kier alpha value is 0.610. The van der Waals surface area contributed by atoms with Gasteiger partial charge in [0, 0.05) is 15.6 Å². The van der Waals surface area contributed by atoms with Crippen molar-refractivity contribution in [2.75, 3.05) is 6.16 Å². The highest BCUT2D eigenvalue weighted by Crippen LogP contribution is 2.26. The van der Waals surface area contributed by atoms with Gasteiger partial charge in [-0.05, 0) is 0 Å². The Kier molecular flexibility index (Phi) is 1.28. The van der Waals surface area contributed by atoms with Gasteiger partial charge in [0.25, 0.3) is 0 Å². The first-order chi connectivity index (χ1) is 2.80. The monoisotopic (exact) mass is 134 g/mol. The topological polar surface area (TPSA) is 0 Å². The van der Waals surface area contributed by atoms with Crippen molar-refractivity contribution in [2.45, 2.75) is 0 Å². The molecule has 1 rings (SSSR count). The van der Waals surface area contributed by atoms with Crippen LogP contribution >= 0.6 is 33.0 Å². The van der Waals surface area contributed by atoms with Gasteiger partial charge in [-0.3, -0.25) is 0 Å². The molecule has 0 aromatic rings. The summed E-state index contributed by atoms with van der Waals surface area (Å²) < 4.78 is 1.03. The fourth-order valence-corrected chi connectivity index (χ4v) is 1.56. The molecule has 0 radical (unpaired) electrons. The van der Waals surface area contributed by atoms with E-state index in [4.69, 9.17) is 24.4 Å². The lowest BCUT2D eigenvalue weighted by Crippen LogP contribution is -2.17. The molecule has 1 aliphatic heterocycles. The van der Waals surface area contributed by atoms with Gasteiger partial charge in [-0.1, -0.05) is 33.0 Å². The first-order valence-corrected chi connectivity index (χ1v) is 3.64. The van der Waals surface area contributed by atoms with Crippen molar-refractivity contribution in [3.8, 4) is 0 Å². The molecule has 0 amide bonds. The second-order valence-corrected chi connectivity index (χ2v) is 3.58. The maximum Gasteiger partial charge on any atom is 0.0499 e. The molecule has 1 saturated heterocycles. The summed E-state index contributed by atoms with van der Waals surface area (Å²) in [6.07, 6.45) is 1.09. The van der Waals surface area contributed by atoms with Crippen molar-refractivity contribution in [3.05, 3.63) is 0 Å². The van der Waals surface area contributed by atoms with Crippen molar-refractivity contribution in [1.82, 2.24) is 0 Å². The van der Waals surface area contributed by atoms with Gasteiger partial charge < -0.3 is 0 Å². The molecule has 1 heterocycles. The predicted octanol–water partition coefficient (Wildman–Crippen LogP) is 1.38. The van der Waals surface area contributed by atoms with Gasteiger partial charge in [-0.15, -0.1) is 0 Å². The minimum atomic E-state index is 0.865. The molecule has 1 aliphatic rings. The highest BCUT2D eigenvalue weighted by molar-refractivity contribution is 8.04. The Morgan fingerprint density at radius 3 is 2.00 bits per heavy atom. The van der Waals surface area contributed by atoms with Crippen LogP contribution in [-0.4, -0.2) is 15.6 Å². The lowest BCUT2D eigenvalue weighted by atomic mass is 10.5. The molecule has 32 valence electrons. The van der Waals surface area contributed by atoms with Crippen molar-refractivity contribution in [3.63, 3.8) is 0 Å². The third-order valence-electron chi connectivity index (χ3n) is 0.663. The van der Waals surface area contributed by atoms with E-state index in [1.54, 1.807) is 0 Å². The minimum absolute atomic E-state index is 0.865. The first kappa shape index (κ1) is 4.76. The maximum absolute atomic E-state index is 4.78. The smallest absolute Gasteiger partial charge is 0.0499 e. The van der Waals surface area contributed by atoms with E-state index in [0.29, 0.717) is 0 Å². The van der Waals surface area contributed by atoms with Gasteiger partial charge in [-0.2, -0.15) is 0 Å². The van der Waals surface area contributed by atoms with Crippen molar-refractivity contribution >= 4 is 42.5 Å². The molecule has 0 aliphatic carbocycles. The van der Waals surface area contributed by atoms with Crippen LogP contribution in [0.1, 0.15) is 0 Å². The number of rotatable bonds is 0. The summed E-state index contributed by atoms with van der Waals surface area (Å²) in [5.41, 5.74) is 0. The summed E-state index contributed by atoms with van der Waals surface area (Å²) in [7, 11) is 0.865. The zero-order valence-corrected chi connectivity index (χ0v) is 5.66.